The molecule has 104 valence electrons. The molecule has 2 N–H and O–H groups in total. The predicted octanol–water partition coefficient (Wildman–Crippen LogP) is 2.78. The molecule has 0 aliphatic carbocycles. The Hall–Kier alpha value is -2.43. The van der Waals surface area contributed by atoms with Crippen molar-refractivity contribution in [2.75, 3.05) is 0 Å². The number of halogens is 1. The zero-order chi connectivity index (χ0) is 14.4. The molecule has 4 nitrogen and oxygen atoms in total. The number of pyridine rings is 1. The van der Waals surface area contributed by atoms with Crippen molar-refractivity contribution in [3.8, 4) is 0 Å². The highest BCUT2D eigenvalue weighted by Crippen LogP contribution is 2.09. The standard InChI is InChI=1S/C15H16FN3O/c1-11(13-6-8-17-9-7-13)19-15(20)18-10-12-2-4-14(16)5-3-12/h2-9,11H,10H2,1H3,(H2,18,19,20)/t11-/m1/s1. The van der Waals surface area contributed by atoms with Crippen LogP contribution >= 0.6 is 0 Å². The summed E-state index contributed by atoms with van der Waals surface area (Å²) >= 11 is 0. The van der Waals surface area contributed by atoms with Gasteiger partial charge >= 0.3 is 6.03 Å². The third-order valence-corrected chi connectivity index (χ3v) is 2.92. The molecule has 20 heavy (non-hydrogen) atoms. The molecule has 0 bridgehead atoms. The second-order valence-electron chi connectivity index (χ2n) is 4.46. The van der Waals surface area contributed by atoms with Crippen molar-refractivity contribution in [1.82, 2.24) is 15.6 Å². The van der Waals surface area contributed by atoms with Gasteiger partial charge < -0.3 is 10.6 Å². The minimum absolute atomic E-state index is 0.105. The van der Waals surface area contributed by atoms with Gasteiger partial charge in [-0.2, -0.15) is 0 Å². The number of urea groups is 1. The van der Waals surface area contributed by atoms with Crippen molar-refractivity contribution in [3.05, 3.63) is 65.7 Å². The Morgan fingerprint density at radius 2 is 1.85 bits per heavy atom. The summed E-state index contributed by atoms with van der Waals surface area (Å²) in [5.41, 5.74) is 1.83. The summed E-state index contributed by atoms with van der Waals surface area (Å²) in [7, 11) is 0. The Labute approximate surface area is 117 Å². The SMILES string of the molecule is C[C@@H](NC(=O)NCc1ccc(F)cc1)c1ccncc1. The van der Waals surface area contributed by atoms with Crippen LogP contribution in [-0.4, -0.2) is 11.0 Å². The molecule has 0 aliphatic rings. The smallest absolute Gasteiger partial charge is 0.315 e. The van der Waals surface area contributed by atoms with Crippen molar-refractivity contribution in [2.45, 2.75) is 19.5 Å². The van der Waals surface area contributed by atoms with Crippen LogP contribution in [0.4, 0.5) is 9.18 Å². The Morgan fingerprint density at radius 1 is 1.20 bits per heavy atom. The lowest BCUT2D eigenvalue weighted by molar-refractivity contribution is 0.237. The van der Waals surface area contributed by atoms with E-state index in [1.807, 2.05) is 19.1 Å². The molecular weight excluding hydrogens is 257 g/mol. The predicted molar refractivity (Wildman–Crippen MR) is 74.4 cm³/mol. The maximum absolute atomic E-state index is 12.7. The molecule has 1 heterocycles. The summed E-state index contributed by atoms with van der Waals surface area (Å²) in [4.78, 5) is 15.7. The van der Waals surface area contributed by atoms with E-state index >= 15 is 0 Å². The van der Waals surface area contributed by atoms with E-state index in [0.29, 0.717) is 6.54 Å². The lowest BCUT2D eigenvalue weighted by Gasteiger charge is -2.14. The first-order chi connectivity index (χ1) is 9.65. The maximum atomic E-state index is 12.7. The first-order valence-corrected chi connectivity index (χ1v) is 6.34. The van der Waals surface area contributed by atoms with Gasteiger partial charge in [0.25, 0.3) is 0 Å². The third-order valence-electron chi connectivity index (χ3n) is 2.92. The second kappa shape index (κ2) is 6.65. The second-order valence-corrected chi connectivity index (χ2v) is 4.46. The van der Waals surface area contributed by atoms with E-state index in [0.717, 1.165) is 11.1 Å². The van der Waals surface area contributed by atoms with Gasteiger partial charge in [0.15, 0.2) is 0 Å². The van der Waals surface area contributed by atoms with Crippen LogP contribution in [0.15, 0.2) is 48.8 Å². The van der Waals surface area contributed by atoms with E-state index in [9.17, 15) is 9.18 Å². The molecule has 2 aromatic rings. The molecule has 0 saturated carbocycles. The van der Waals surface area contributed by atoms with Crippen molar-refractivity contribution < 1.29 is 9.18 Å². The number of aromatic nitrogens is 1. The maximum Gasteiger partial charge on any atom is 0.315 e. The number of rotatable bonds is 4. The summed E-state index contributed by atoms with van der Waals surface area (Å²) in [6.07, 6.45) is 3.37. The average molecular weight is 273 g/mol. The molecular formula is C15H16FN3O. The summed E-state index contributed by atoms with van der Waals surface area (Å²) in [6, 6.07) is 9.35. The number of hydrogen-bond donors (Lipinski definition) is 2. The van der Waals surface area contributed by atoms with Gasteiger partial charge in [0.2, 0.25) is 0 Å². The number of hydrogen-bond acceptors (Lipinski definition) is 2. The number of carbonyl (C=O) groups excluding carboxylic acids is 1. The van der Waals surface area contributed by atoms with Crippen LogP contribution < -0.4 is 10.6 Å². The lowest BCUT2D eigenvalue weighted by atomic mass is 10.1. The average Bonchev–Trinajstić information content (AvgIpc) is 2.47. The number of carbonyl (C=O) groups is 1. The number of nitrogens with one attached hydrogen (secondary N) is 2. The fourth-order valence-electron chi connectivity index (χ4n) is 1.77. The summed E-state index contributed by atoms with van der Waals surface area (Å²) in [5.74, 6) is -0.287. The molecule has 0 radical (unpaired) electrons. The number of benzene rings is 1. The topological polar surface area (TPSA) is 54.0 Å². The molecule has 1 atom stereocenters. The van der Waals surface area contributed by atoms with Gasteiger partial charge in [-0.25, -0.2) is 9.18 Å². The minimum Gasteiger partial charge on any atom is -0.334 e. The first kappa shape index (κ1) is 14.0. The summed E-state index contributed by atoms with van der Waals surface area (Å²) in [6.45, 7) is 2.25. The molecule has 0 aliphatic heterocycles. The molecule has 0 spiro atoms. The fraction of sp³-hybridized carbons (Fsp3) is 0.200. The van der Waals surface area contributed by atoms with Gasteiger partial charge in [-0.1, -0.05) is 12.1 Å². The van der Waals surface area contributed by atoms with E-state index in [2.05, 4.69) is 15.6 Å². The van der Waals surface area contributed by atoms with Crippen LogP contribution in [0.3, 0.4) is 0 Å². The van der Waals surface area contributed by atoms with Crippen molar-refractivity contribution in [1.29, 1.82) is 0 Å². The normalized spacial score (nSPS) is 11.7. The molecule has 1 aromatic carbocycles. The van der Waals surface area contributed by atoms with E-state index in [4.69, 9.17) is 0 Å². The van der Waals surface area contributed by atoms with Crippen LogP contribution in [-0.2, 0) is 6.54 Å². The minimum atomic E-state index is -0.287. The van der Waals surface area contributed by atoms with E-state index in [1.165, 1.54) is 12.1 Å². The van der Waals surface area contributed by atoms with Gasteiger partial charge in [-0.05, 0) is 42.3 Å². The Bertz CT molecular complexity index is 557. The zero-order valence-corrected chi connectivity index (χ0v) is 11.1. The third kappa shape index (κ3) is 4.05. The van der Waals surface area contributed by atoms with E-state index in [1.54, 1.807) is 24.5 Å². The van der Waals surface area contributed by atoms with Crippen LogP contribution in [0.2, 0.25) is 0 Å². The van der Waals surface area contributed by atoms with Gasteiger partial charge in [-0.15, -0.1) is 0 Å². The van der Waals surface area contributed by atoms with Gasteiger partial charge in [0, 0.05) is 18.9 Å². The summed E-state index contributed by atoms with van der Waals surface area (Å²) in [5, 5.41) is 5.56. The molecule has 2 amide bonds. The largest absolute Gasteiger partial charge is 0.334 e. The van der Waals surface area contributed by atoms with Crippen LogP contribution in [0.25, 0.3) is 0 Å². The highest BCUT2D eigenvalue weighted by molar-refractivity contribution is 5.74. The van der Waals surface area contributed by atoms with Crippen LogP contribution in [0, 0.1) is 5.82 Å². The monoisotopic (exact) mass is 273 g/mol. The van der Waals surface area contributed by atoms with Crippen molar-refractivity contribution >= 4 is 6.03 Å². The van der Waals surface area contributed by atoms with E-state index in [-0.39, 0.29) is 17.9 Å². The molecule has 1 aromatic heterocycles. The molecule has 0 fully saturated rings. The van der Waals surface area contributed by atoms with Gasteiger partial charge in [-0.3, -0.25) is 4.98 Å². The van der Waals surface area contributed by atoms with E-state index < -0.39 is 0 Å². The Balaban J connectivity index is 1.82. The Kier molecular flexibility index (Phi) is 4.65. The fourth-order valence-corrected chi connectivity index (χ4v) is 1.77. The highest BCUT2D eigenvalue weighted by Gasteiger charge is 2.08. The van der Waals surface area contributed by atoms with Crippen molar-refractivity contribution in [3.63, 3.8) is 0 Å². The van der Waals surface area contributed by atoms with Crippen LogP contribution in [0.5, 0.6) is 0 Å². The Morgan fingerprint density at radius 3 is 2.50 bits per heavy atom. The first-order valence-electron chi connectivity index (χ1n) is 6.34. The van der Waals surface area contributed by atoms with Gasteiger partial charge in [0.05, 0.1) is 6.04 Å². The number of nitrogens with zero attached hydrogens (tertiary/aromatic N) is 1. The van der Waals surface area contributed by atoms with Gasteiger partial charge in [0.1, 0.15) is 5.82 Å². The molecule has 5 heteroatoms. The lowest BCUT2D eigenvalue weighted by Crippen LogP contribution is -2.36. The molecule has 0 unspecified atom stereocenters. The number of amides is 2. The quantitative estimate of drug-likeness (QED) is 0.900. The zero-order valence-electron chi connectivity index (χ0n) is 11.1. The molecule has 0 saturated heterocycles. The molecule has 2 rings (SSSR count). The highest BCUT2D eigenvalue weighted by atomic mass is 19.1. The summed E-state index contributed by atoms with van der Waals surface area (Å²) < 4.78 is 12.7. The van der Waals surface area contributed by atoms with Crippen LogP contribution in [0.1, 0.15) is 24.1 Å². The van der Waals surface area contributed by atoms with Crippen molar-refractivity contribution in [2.24, 2.45) is 0 Å².